The SMILES string of the molecule is BrC1CCCC1.[2HH]. The van der Waals surface area contributed by atoms with Crippen molar-refractivity contribution in [2.75, 3.05) is 0 Å². The second-order valence-corrected chi connectivity index (χ2v) is 3.18. The first-order valence-corrected chi connectivity index (χ1v) is 3.45. The van der Waals surface area contributed by atoms with Gasteiger partial charge in [0.25, 0.3) is 0 Å². The third-order valence-electron chi connectivity index (χ3n) is 1.28. The number of alkyl halides is 1. The van der Waals surface area contributed by atoms with Crippen molar-refractivity contribution in [1.82, 2.24) is 0 Å². The van der Waals surface area contributed by atoms with E-state index in [4.69, 9.17) is 0 Å². The summed E-state index contributed by atoms with van der Waals surface area (Å²) in [7, 11) is 0. The maximum absolute atomic E-state index is 3.54. The Morgan fingerprint density at radius 1 is 1.33 bits per heavy atom. The van der Waals surface area contributed by atoms with Gasteiger partial charge in [-0.05, 0) is 12.8 Å². The number of hydrogen-bond donors (Lipinski definition) is 0. The molecule has 0 aromatic rings. The maximum Gasteiger partial charge on any atom is 0.0145 e. The fourth-order valence-electron chi connectivity index (χ4n) is 0.876. The summed E-state index contributed by atoms with van der Waals surface area (Å²) in [4.78, 5) is 0.859. The fourth-order valence-corrected chi connectivity index (χ4v) is 1.52. The van der Waals surface area contributed by atoms with E-state index in [2.05, 4.69) is 15.9 Å². The van der Waals surface area contributed by atoms with Crippen LogP contribution in [-0.4, -0.2) is 4.83 Å². The molecule has 0 unspecified atom stereocenters. The van der Waals surface area contributed by atoms with Crippen LogP contribution in [0.3, 0.4) is 0 Å². The first kappa shape index (κ1) is 4.63. The quantitative estimate of drug-likeness (QED) is 0.468. The number of rotatable bonds is 0. The van der Waals surface area contributed by atoms with Gasteiger partial charge in [-0.15, -0.1) is 0 Å². The molecule has 0 heterocycles. The average Bonchev–Trinajstić information content (AvgIpc) is 1.86. The van der Waals surface area contributed by atoms with Crippen LogP contribution in [0.25, 0.3) is 0 Å². The molecule has 0 amide bonds. The molecular weight excluding hydrogens is 140 g/mol. The summed E-state index contributed by atoms with van der Waals surface area (Å²) >= 11 is 3.54. The third-order valence-corrected chi connectivity index (χ3v) is 2.20. The van der Waals surface area contributed by atoms with Crippen molar-refractivity contribution in [2.24, 2.45) is 0 Å². The van der Waals surface area contributed by atoms with Crippen LogP contribution in [0.4, 0.5) is 0 Å². The zero-order valence-corrected chi connectivity index (χ0v) is 5.37. The summed E-state index contributed by atoms with van der Waals surface area (Å²) in [6.07, 6.45) is 5.69. The Kier molecular flexibility index (Phi) is 1.52. The Bertz CT molecular complexity index is 41.3. The van der Waals surface area contributed by atoms with Gasteiger partial charge in [0.15, 0.2) is 0 Å². The first-order valence-electron chi connectivity index (χ1n) is 2.53. The highest BCUT2D eigenvalue weighted by atomic mass is 79.9. The Morgan fingerprint density at radius 3 is 2.00 bits per heavy atom. The van der Waals surface area contributed by atoms with Crippen molar-refractivity contribution in [2.45, 2.75) is 30.5 Å². The molecule has 1 aliphatic rings. The molecule has 0 atom stereocenters. The van der Waals surface area contributed by atoms with Crippen molar-refractivity contribution < 1.29 is 1.43 Å². The van der Waals surface area contributed by atoms with Gasteiger partial charge in [-0.25, -0.2) is 0 Å². The predicted molar refractivity (Wildman–Crippen MR) is 33.3 cm³/mol. The van der Waals surface area contributed by atoms with Crippen LogP contribution in [0.2, 0.25) is 0 Å². The highest BCUT2D eigenvalue weighted by molar-refractivity contribution is 9.09. The number of halogens is 1. The Balaban J connectivity index is 0.000000360. The van der Waals surface area contributed by atoms with Crippen molar-refractivity contribution >= 4 is 15.9 Å². The lowest BCUT2D eigenvalue weighted by Gasteiger charge is -1.88. The van der Waals surface area contributed by atoms with Crippen LogP contribution in [0, 0.1) is 0 Å². The number of hydrogen-bond acceptors (Lipinski definition) is 0. The standard InChI is InChI=1S/C5H9Br.H2/c6-5-3-1-2-4-5;/h5H,1-4H2;1H/i;1+1. The second kappa shape index (κ2) is 1.97. The smallest absolute Gasteiger partial charge is 0.0145 e. The molecule has 6 heavy (non-hydrogen) atoms. The third kappa shape index (κ3) is 0.970. The van der Waals surface area contributed by atoms with E-state index in [0.29, 0.717) is 0 Å². The summed E-state index contributed by atoms with van der Waals surface area (Å²) in [5.74, 6) is 0. The van der Waals surface area contributed by atoms with Crippen LogP contribution in [0.1, 0.15) is 27.1 Å². The molecule has 0 spiro atoms. The lowest BCUT2D eigenvalue weighted by molar-refractivity contribution is 0.886. The summed E-state index contributed by atoms with van der Waals surface area (Å²) in [6, 6.07) is 0. The molecule has 0 aromatic heterocycles. The van der Waals surface area contributed by atoms with Crippen LogP contribution in [0.15, 0.2) is 0 Å². The Labute approximate surface area is 48.5 Å². The van der Waals surface area contributed by atoms with Crippen LogP contribution >= 0.6 is 15.9 Å². The molecule has 38 valence electrons. The van der Waals surface area contributed by atoms with Crippen molar-refractivity contribution in [3.05, 3.63) is 0 Å². The largest absolute Gasteiger partial charge is 0.0891 e. The van der Waals surface area contributed by atoms with E-state index in [1.807, 2.05) is 0 Å². The van der Waals surface area contributed by atoms with Gasteiger partial charge in [-0.2, -0.15) is 0 Å². The van der Waals surface area contributed by atoms with E-state index in [0.717, 1.165) is 4.83 Å². The Hall–Kier alpha value is 0.480. The van der Waals surface area contributed by atoms with Gasteiger partial charge < -0.3 is 0 Å². The van der Waals surface area contributed by atoms with E-state index in [1.54, 1.807) is 0 Å². The topological polar surface area (TPSA) is 0 Å². The van der Waals surface area contributed by atoms with E-state index in [9.17, 15) is 0 Å². The minimum atomic E-state index is 0. The van der Waals surface area contributed by atoms with Crippen molar-refractivity contribution in [3.8, 4) is 0 Å². The summed E-state index contributed by atoms with van der Waals surface area (Å²) in [5.41, 5.74) is 0. The summed E-state index contributed by atoms with van der Waals surface area (Å²) < 4.78 is 0. The fraction of sp³-hybridized carbons (Fsp3) is 1.00. The van der Waals surface area contributed by atoms with Gasteiger partial charge in [-0.1, -0.05) is 28.8 Å². The highest BCUT2D eigenvalue weighted by Crippen LogP contribution is 2.23. The van der Waals surface area contributed by atoms with Crippen molar-refractivity contribution in [1.29, 1.82) is 0 Å². The molecule has 0 radical (unpaired) electrons. The monoisotopic (exact) mass is 151 g/mol. The zero-order chi connectivity index (χ0) is 4.41. The van der Waals surface area contributed by atoms with Crippen LogP contribution < -0.4 is 0 Å². The predicted octanol–water partition coefficient (Wildman–Crippen LogP) is 2.57. The van der Waals surface area contributed by atoms with Gasteiger partial charge in [0.1, 0.15) is 0 Å². The maximum atomic E-state index is 3.54. The molecular formula is C5H11Br. The highest BCUT2D eigenvalue weighted by Gasteiger charge is 2.09. The van der Waals surface area contributed by atoms with E-state index in [1.165, 1.54) is 25.7 Å². The van der Waals surface area contributed by atoms with Gasteiger partial charge in [0, 0.05) is 6.25 Å². The molecule has 0 aliphatic heterocycles. The summed E-state index contributed by atoms with van der Waals surface area (Å²) in [5, 5.41) is 0. The molecule has 0 aromatic carbocycles. The van der Waals surface area contributed by atoms with Gasteiger partial charge in [-0.3, -0.25) is 0 Å². The van der Waals surface area contributed by atoms with Crippen molar-refractivity contribution in [3.63, 3.8) is 0 Å². The van der Waals surface area contributed by atoms with Gasteiger partial charge in [0.05, 0.1) is 0 Å². The lowest BCUT2D eigenvalue weighted by Crippen LogP contribution is -1.81. The molecule has 0 nitrogen and oxygen atoms in total. The molecule has 0 N–H and O–H groups in total. The van der Waals surface area contributed by atoms with Crippen LogP contribution in [0.5, 0.6) is 0 Å². The van der Waals surface area contributed by atoms with E-state index in [-0.39, 0.29) is 1.43 Å². The first-order chi connectivity index (χ1) is 2.89. The second-order valence-electron chi connectivity index (χ2n) is 1.88. The molecule has 1 rings (SSSR count). The van der Waals surface area contributed by atoms with E-state index < -0.39 is 0 Å². The summed E-state index contributed by atoms with van der Waals surface area (Å²) in [6.45, 7) is 0. The molecule has 0 bridgehead atoms. The minimum absolute atomic E-state index is 0. The van der Waals surface area contributed by atoms with Gasteiger partial charge in [0.2, 0.25) is 0 Å². The zero-order valence-electron chi connectivity index (χ0n) is 3.78. The molecule has 1 fully saturated rings. The lowest BCUT2D eigenvalue weighted by atomic mass is 10.4. The molecule has 1 heteroatoms. The Morgan fingerprint density at radius 2 is 1.83 bits per heavy atom. The van der Waals surface area contributed by atoms with E-state index >= 15 is 0 Å². The molecule has 0 saturated heterocycles. The normalized spacial score (nSPS) is 25.5. The van der Waals surface area contributed by atoms with Crippen LogP contribution in [-0.2, 0) is 0 Å². The molecule has 1 aliphatic carbocycles. The minimum Gasteiger partial charge on any atom is -0.0891 e. The molecule has 1 saturated carbocycles. The average molecular weight is 152 g/mol. The van der Waals surface area contributed by atoms with Gasteiger partial charge >= 0.3 is 0 Å².